The Kier molecular flexibility index (Phi) is 2.62. The number of rotatable bonds is 3. The second-order valence-corrected chi connectivity index (χ2v) is 3.52. The molecule has 2 nitrogen and oxygen atoms in total. The molecule has 0 bridgehead atoms. The van der Waals surface area contributed by atoms with Gasteiger partial charge in [0, 0.05) is 12.6 Å². The molecule has 0 saturated heterocycles. The molecule has 0 amide bonds. The van der Waals surface area contributed by atoms with Gasteiger partial charge in [0.2, 0.25) is 0 Å². The molecule has 2 heteroatoms. The Morgan fingerprint density at radius 1 is 1.46 bits per heavy atom. The molecule has 0 spiro atoms. The average Bonchev–Trinajstić information content (AvgIpc) is 2.58. The summed E-state index contributed by atoms with van der Waals surface area (Å²) >= 11 is 0. The van der Waals surface area contributed by atoms with E-state index in [1.807, 2.05) is 7.05 Å². The summed E-state index contributed by atoms with van der Waals surface area (Å²) in [6.45, 7) is 2.11. The summed E-state index contributed by atoms with van der Waals surface area (Å²) in [7, 11) is 2.00. The minimum absolute atomic E-state index is 0.559. The smallest absolute Gasteiger partial charge is 0.0338 e. The van der Waals surface area contributed by atoms with Crippen LogP contribution in [0.15, 0.2) is 24.3 Å². The van der Waals surface area contributed by atoms with Crippen LogP contribution in [-0.4, -0.2) is 13.6 Å². The van der Waals surface area contributed by atoms with Crippen molar-refractivity contribution < 1.29 is 0 Å². The van der Waals surface area contributed by atoms with E-state index in [-0.39, 0.29) is 0 Å². The normalized spacial score (nSPS) is 20.2. The highest BCUT2D eigenvalue weighted by molar-refractivity contribution is 5.33. The van der Waals surface area contributed by atoms with E-state index in [9.17, 15) is 0 Å². The minimum Gasteiger partial charge on any atom is -0.320 e. The molecule has 1 aliphatic heterocycles. The van der Waals surface area contributed by atoms with Crippen LogP contribution in [0.3, 0.4) is 0 Å². The molecule has 0 aromatic heterocycles. The first-order chi connectivity index (χ1) is 6.42. The van der Waals surface area contributed by atoms with Gasteiger partial charge in [-0.15, -0.1) is 0 Å². The summed E-state index contributed by atoms with van der Waals surface area (Å²) in [5, 5.41) is 6.70. The molecular weight excluding hydrogens is 160 g/mol. The first-order valence-corrected chi connectivity index (χ1v) is 4.87. The standard InChI is InChI=1S/C11H16N2/c1-12-7-6-11-10-5-3-2-4-9(10)8-13-11/h2-5,11-13H,6-8H2,1H3. The highest BCUT2D eigenvalue weighted by atomic mass is 14.9. The van der Waals surface area contributed by atoms with Crippen LogP contribution in [0, 0.1) is 0 Å². The van der Waals surface area contributed by atoms with Gasteiger partial charge >= 0.3 is 0 Å². The van der Waals surface area contributed by atoms with E-state index in [1.54, 1.807) is 0 Å². The van der Waals surface area contributed by atoms with Crippen molar-refractivity contribution in [2.24, 2.45) is 0 Å². The Morgan fingerprint density at radius 2 is 2.31 bits per heavy atom. The Hall–Kier alpha value is -0.860. The van der Waals surface area contributed by atoms with Crippen LogP contribution < -0.4 is 10.6 Å². The molecule has 1 heterocycles. The van der Waals surface area contributed by atoms with Gasteiger partial charge in [0.25, 0.3) is 0 Å². The van der Waals surface area contributed by atoms with Crippen molar-refractivity contribution in [1.29, 1.82) is 0 Å². The summed E-state index contributed by atoms with van der Waals surface area (Å²) in [4.78, 5) is 0. The number of hydrogen-bond donors (Lipinski definition) is 2. The Balaban J connectivity index is 2.09. The van der Waals surface area contributed by atoms with Gasteiger partial charge in [-0.3, -0.25) is 0 Å². The van der Waals surface area contributed by atoms with Crippen molar-refractivity contribution in [1.82, 2.24) is 10.6 Å². The molecule has 1 unspecified atom stereocenters. The van der Waals surface area contributed by atoms with Crippen molar-refractivity contribution in [3.8, 4) is 0 Å². The monoisotopic (exact) mass is 176 g/mol. The topological polar surface area (TPSA) is 24.1 Å². The first-order valence-electron chi connectivity index (χ1n) is 4.87. The van der Waals surface area contributed by atoms with Crippen molar-refractivity contribution >= 4 is 0 Å². The summed E-state index contributed by atoms with van der Waals surface area (Å²) in [6, 6.07) is 9.24. The molecule has 2 rings (SSSR count). The lowest BCUT2D eigenvalue weighted by Crippen LogP contribution is -2.18. The van der Waals surface area contributed by atoms with Gasteiger partial charge in [-0.2, -0.15) is 0 Å². The van der Waals surface area contributed by atoms with E-state index in [4.69, 9.17) is 0 Å². The third kappa shape index (κ3) is 1.74. The van der Waals surface area contributed by atoms with E-state index in [0.29, 0.717) is 6.04 Å². The predicted molar refractivity (Wildman–Crippen MR) is 54.6 cm³/mol. The van der Waals surface area contributed by atoms with Crippen LogP contribution in [-0.2, 0) is 6.54 Å². The summed E-state index contributed by atoms with van der Waals surface area (Å²) in [5.74, 6) is 0. The van der Waals surface area contributed by atoms with Gasteiger partial charge in [0.1, 0.15) is 0 Å². The van der Waals surface area contributed by atoms with Crippen LogP contribution in [0.25, 0.3) is 0 Å². The molecule has 0 aliphatic carbocycles. The second kappa shape index (κ2) is 3.90. The zero-order valence-corrected chi connectivity index (χ0v) is 8.01. The molecule has 1 aromatic carbocycles. The van der Waals surface area contributed by atoms with E-state index in [1.165, 1.54) is 17.5 Å². The molecule has 1 atom stereocenters. The van der Waals surface area contributed by atoms with Gasteiger partial charge in [-0.25, -0.2) is 0 Å². The zero-order valence-electron chi connectivity index (χ0n) is 8.01. The number of nitrogens with one attached hydrogen (secondary N) is 2. The molecule has 13 heavy (non-hydrogen) atoms. The van der Waals surface area contributed by atoms with Gasteiger partial charge in [0.05, 0.1) is 0 Å². The molecular formula is C11H16N2. The molecule has 70 valence electrons. The van der Waals surface area contributed by atoms with E-state index < -0.39 is 0 Å². The van der Waals surface area contributed by atoms with E-state index >= 15 is 0 Å². The summed E-state index contributed by atoms with van der Waals surface area (Å²) in [6.07, 6.45) is 1.17. The van der Waals surface area contributed by atoms with Crippen molar-refractivity contribution in [2.45, 2.75) is 19.0 Å². The predicted octanol–water partition coefficient (Wildman–Crippen LogP) is 1.44. The fourth-order valence-electron chi connectivity index (χ4n) is 1.92. The molecule has 2 N–H and O–H groups in total. The maximum atomic E-state index is 3.52. The lowest BCUT2D eigenvalue weighted by Gasteiger charge is -2.10. The molecule has 1 aromatic rings. The van der Waals surface area contributed by atoms with Crippen LogP contribution in [0.4, 0.5) is 0 Å². The maximum Gasteiger partial charge on any atom is 0.0338 e. The largest absolute Gasteiger partial charge is 0.320 e. The highest BCUT2D eigenvalue weighted by Crippen LogP contribution is 2.26. The van der Waals surface area contributed by atoms with Crippen molar-refractivity contribution in [3.05, 3.63) is 35.4 Å². The third-order valence-electron chi connectivity index (χ3n) is 2.65. The summed E-state index contributed by atoms with van der Waals surface area (Å²) in [5.41, 5.74) is 2.95. The maximum absolute atomic E-state index is 3.52. The average molecular weight is 176 g/mol. The van der Waals surface area contributed by atoms with Gasteiger partial charge in [-0.05, 0) is 31.1 Å². The second-order valence-electron chi connectivity index (χ2n) is 3.52. The SMILES string of the molecule is CNCCC1NCc2ccccc21. The fraction of sp³-hybridized carbons (Fsp3) is 0.455. The minimum atomic E-state index is 0.559. The number of fused-ring (bicyclic) bond motifs is 1. The van der Waals surface area contributed by atoms with Crippen LogP contribution in [0.1, 0.15) is 23.6 Å². The lowest BCUT2D eigenvalue weighted by atomic mass is 10.0. The van der Waals surface area contributed by atoms with Gasteiger partial charge in [0.15, 0.2) is 0 Å². The van der Waals surface area contributed by atoms with Crippen molar-refractivity contribution in [2.75, 3.05) is 13.6 Å². The molecule has 0 fully saturated rings. The molecule has 0 radical (unpaired) electrons. The lowest BCUT2D eigenvalue weighted by molar-refractivity contribution is 0.528. The van der Waals surface area contributed by atoms with Gasteiger partial charge in [-0.1, -0.05) is 24.3 Å². The third-order valence-corrected chi connectivity index (χ3v) is 2.65. The van der Waals surface area contributed by atoms with Crippen LogP contribution >= 0.6 is 0 Å². The molecule has 1 aliphatic rings. The number of hydrogen-bond acceptors (Lipinski definition) is 2. The van der Waals surface area contributed by atoms with Crippen molar-refractivity contribution in [3.63, 3.8) is 0 Å². The Morgan fingerprint density at radius 3 is 3.15 bits per heavy atom. The fourth-order valence-corrected chi connectivity index (χ4v) is 1.92. The number of benzene rings is 1. The Bertz CT molecular complexity index is 283. The Labute approximate surface area is 79.4 Å². The van der Waals surface area contributed by atoms with Gasteiger partial charge < -0.3 is 10.6 Å². The van der Waals surface area contributed by atoms with E-state index in [0.717, 1.165) is 13.1 Å². The highest BCUT2D eigenvalue weighted by Gasteiger charge is 2.19. The zero-order chi connectivity index (χ0) is 9.10. The quantitative estimate of drug-likeness (QED) is 0.728. The van der Waals surface area contributed by atoms with Crippen LogP contribution in [0.2, 0.25) is 0 Å². The van der Waals surface area contributed by atoms with E-state index in [2.05, 4.69) is 34.9 Å². The molecule has 0 saturated carbocycles. The van der Waals surface area contributed by atoms with Crippen LogP contribution in [0.5, 0.6) is 0 Å². The summed E-state index contributed by atoms with van der Waals surface area (Å²) < 4.78 is 0. The first kappa shape index (κ1) is 8.73.